The third-order valence-corrected chi connectivity index (χ3v) is 2.38. The lowest BCUT2D eigenvalue weighted by molar-refractivity contribution is -0.117. The van der Waals surface area contributed by atoms with Gasteiger partial charge in [-0.3, -0.25) is 15.0 Å². The minimum atomic E-state index is -0.532. The maximum atomic E-state index is 11.0. The Hall–Kier alpha value is -0.930. The predicted octanol–water partition coefficient (Wildman–Crippen LogP) is 0.549. The number of carbonyl (C=O) groups is 1. The van der Waals surface area contributed by atoms with E-state index in [9.17, 15) is 4.79 Å². The average Bonchev–Trinajstić information content (AvgIpc) is 2.51. The molecule has 1 rings (SSSR count). The van der Waals surface area contributed by atoms with E-state index in [1.807, 2.05) is 6.08 Å². The number of hydrogen-bond acceptors (Lipinski definition) is 3. The molecule has 13 heavy (non-hydrogen) atoms. The quantitative estimate of drug-likeness (QED) is 0.495. The number of hydrogen-bond donors (Lipinski definition) is 1. The van der Waals surface area contributed by atoms with Crippen molar-refractivity contribution < 1.29 is 4.79 Å². The van der Waals surface area contributed by atoms with Crippen LogP contribution < -0.4 is 5.32 Å². The van der Waals surface area contributed by atoms with Gasteiger partial charge in [0, 0.05) is 26.1 Å². The second-order valence-electron chi connectivity index (χ2n) is 3.20. The van der Waals surface area contributed by atoms with Crippen molar-refractivity contribution in [3.63, 3.8) is 0 Å². The van der Waals surface area contributed by atoms with Crippen molar-refractivity contribution in [1.29, 1.82) is 0 Å². The summed E-state index contributed by atoms with van der Waals surface area (Å²) < 4.78 is 0. The van der Waals surface area contributed by atoms with E-state index in [1.165, 1.54) is 0 Å². The van der Waals surface area contributed by atoms with Crippen molar-refractivity contribution in [3.05, 3.63) is 25.3 Å². The zero-order chi connectivity index (χ0) is 9.73. The molecule has 0 aromatic rings. The Morgan fingerprint density at radius 1 is 1.46 bits per heavy atom. The van der Waals surface area contributed by atoms with Crippen LogP contribution in [0.2, 0.25) is 0 Å². The first-order chi connectivity index (χ1) is 6.29. The van der Waals surface area contributed by atoms with Crippen molar-refractivity contribution in [2.75, 3.05) is 19.6 Å². The fraction of sp³-hybridized carbons (Fsp3) is 0.500. The zero-order valence-corrected chi connectivity index (χ0v) is 7.83. The first-order valence-electron chi connectivity index (χ1n) is 4.47. The second kappa shape index (κ2) is 4.35. The summed E-state index contributed by atoms with van der Waals surface area (Å²) in [4.78, 5) is 13.1. The highest BCUT2D eigenvalue weighted by atomic mass is 16.1. The Kier molecular flexibility index (Phi) is 3.39. The maximum absolute atomic E-state index is 11.0. The summed E-state index contributed by atoms with van der Waals surface area (Å²) in [7, 11) is 0. The van der Waals surface area contributed by atoms with Crippen molar-refractivity contribution >= 4 is 6.29 Å². The molecule has 0 aliphatic carbocycles. The molecule has 1 fully saturated rings. The Balaban J connectivity index is 2.75. The average molecular weight is 180 g/mol. The number of aldehydes is 1. The molecule has 0 amide bonds. The van der Waals surface area contributed by atoms with Gasteiger partial charge < -0.3 is 0 Å². The lowest BCUT2D eigenvalue weighted by Crippen LogP contribution is -2.52. The third kappa shape index (κ3) is 1.87. The second-order valence-corrected chi connectivity index (χ2v) is 3.20. The fourth-order valence-corrected chi connectivity index (χ4v) is 1.71. The Labute approximate surface area is 79.1 Å². The molecule has 1 aliphatic heterocycles. The number of rotatable bonds is 5. The van der Waals surface area contributed by atoms with Gasteiger partial charge >= 0.3 is 0 Å². The molecule has 1 heterocycles. The summed E-state index contributed by atoms with van der Waals surface area (Å²) in [6.45, 7) is 9.80. The molecule has 72 valence electrons. The summed E-state index contributed by atoms with van der Waals surface area (Å²) in [5.74, 6) is 0. The summed E-state index contributed by atoms with van der Waals surface area (Å²) in [6.07, 6.45) is 5.19. The number of nitrogens with one attached hydrogen (secondary N) is 1. The van der Waals surface area contributed by atoms with Gasteiger partial charge in [-0.15, -0.1) is 13.2 Å². The largest absolute Gasteiger partial charge is 0.300 e. The topological polar surface area (TPSA) is 32.3 Å². The number of nitrogens with zero attached hydrogens (tertiary/aromatic N) is 1. The van der Waals surface area contributed by atoms with E-state index in [-0.39, 0.29) is 0 Å². The van der Waals surface area contributed by atoms with Crippen LogP contribution in [0.25, 0.3) is 0 Å². The first kappa shape index (κ1) is 10.2. The molecule has 3 nitrogen and oxygen atoms in total. The maximum Gasteiger partial charge on any atom is 0.155 e. The lowest BCUT2D eigenvalue weighted by atomic mass is 10.1. The van der Waals surface area contributed by atoms with Crippen LogP contribution in [0, 0.1) is 0 Å². The molecule has 3 heteroatoms. The van der Waals surface area contributed by atoms with Crippen LogP contribution in [-0.2, 0) is 4.79 Å². The molecule has 0 bridgehead atoms. The molecule has 1 N–H and O–H groups in total. The molecule has 1 atom stereocenters. The minimum absolute atomic E-state index is 0.532. The fourth-order valence-electron chi connectivity index (χ4n) is 1.71. The van der Waals surface area contributed by atoms with Crippen molar-refractivity contribution in [2.24, 2.45) is 0 Å². The molecule has 0 radical (unpaired) electrons. The molecule has 1 aliphatic rings. The van der Waals surface area contributed by atoms with Crippen molar-refractivity contribution in [1.82, 2.24) is 10.2 Å². The van der Waals surface area contributed by atoms with Crippen LogP contribution in [0.4, 0.5) is 0 Å². The lowest BCUT2D eigenvalue weighted by Gasteiger charge is -2.31. The van der Waals surface area contributed by atoms with Gasteiger partial charge in [-0.1, -0.05) is 12.2 Å². The van der Waals surface area contributed by atoms with E-state index in [1.54, 1.807) is 6.08 Å². The van der Waals surface area contributed by atoms with Gasteiger partial charge in [0.15, 0.2) is 6.29 Å². The molecule has 0 aromatic carbocycles. The van der Waals surface area contributed by atoms with Gasteiger partial charge in [-0.2, -0.15) is 0 Å². The molecule has 0 saturated carbocycles. The highest BCUT2D eigenvalue weighted by molar-refractivity contribution is 5.64. The van der Waals surface area contributed by atoms with Crippen molar-refractivity contribution in [3.8, 4) is 0 Å². The molecule has 1 saturated heterocycles. The summed E-state index contributed by atoms with van der Waals surface area (Å²) in [5.41, 5.74) is -0.532. The van der Waals surface area contributed by atoms with Crippen LogP contribution in [-0.4, -0.2) is 36.5 Å². The van der Waals surface area contributed by atoms with E-state index in [4.69, 9.17) is 0 Å². The van der Waals surface area contributed by atoms with Gasteiger partial charge in [0.2, 0.25) is 0 Å². The van der Waals surface area contributed by atoms with E-state index in [2.05, 4.69) is 23.4 Å². The standard InChI is InChI=1S/C10H16N2O/c1-3-5-10(9-13)11-6-8-12(10)7-4-2/h3-4,9,11H,1-2,5-8H2. The monoisotopic (exact) mass is 180 g/mol. The van der Waals surface area contributed by atoms with Gasteiger partial charge in [0.1, 0.15) is 5.66 Å². The predicted molar refractivity (Wildman–Crippen MR) is 53.4 cm³/mol. The Morgan fingerprint density at radius 2 is 2.23 bits per heavy atom. The SMILES string of the molecule is C=CCN1CCNC1(C=O)CC=C. The summed E-state index contributed by atoms with van der Waals surface area (Å²) in [5, 5.41) is 3.19. The smallest absolute Gasteiger partial charge is 0.155 e. The highest BCUT2D eigenvalue weighted by Crippen LogP contribution is 2.18. The van der Waals surface area contributed by atoms with Crippen LogP contribution in [0.15, 0.2) is 25.3 Å². The van der Waals surface area contributed by atoms with Gasteiger partial charge in [-0.25, -0.2) is 0 Å². The first-order valence-corrected chi connectivity index (χ1v) is 4.47. The van der Waals surface area contributed by atoms with Gasteiger partial charge in [-0.05, 0) is 0 Å². The zero-order valence-electron chi connectivity index (χ0n) is 7.83. The van der Waals surface area contributed by atoms with Crippen LogP contribution >= 0.6 is 0 Å². The number of carbonyl (C=O) groups excluding carboxylic acids is 1. The molecule has 0 aromatic heterocycles. The molecular weight excluding hydrogens is 164 g/mol. The van der Waals surface area contributed by atoms with Gasteiger partial charge in [0.05, 0.1) is 0 Å². The van der Waals surface area contributed by atoms with Crippen LogP contribution in [0.1, 0.15) is 6.42 Å². The van der Waals surface area contributed by atoms with Crippen LogP contribution in [0.5, 0.6) is 0 Å². The van der Waals surface area contributed by atoms with Gasteiger partial charge in [0.25, 0.3) is 0 Å². The highest BCUT2D eigenvalue weighted by Gasteiger charge is 2.38. The summed E-state index contributed by atoms with van der Waals surface area (Å²) >= 11 is 0. The molecular formula is C10H16N2O. The minimum Gasteiger partial charge on any atom is -0.300 e. The van der Waals surface area contributed by atoms with E-state index in [0.717, 1.165) is 25.9 Å². The Bertz CT molecular complexity index is 215. The molecule has 1 unspecified atom stereocenters. The van der Waals surface area contributed by atoms with E-state index in [0.29, 0.717) is 6.42 Å². The summed E-state index contributed by atoms with van der Waals surface area (Å²) in [6, 6.07) is 0. The van der Waals surface area contributed by atoms with E-state index < -0.39 is 5.66 Å². The van der Waals surface area contributed by atoms with Crippen LogP contribution in [0.3, 0.4) is 0 Å². The van der Waals surface area contributed by atoms with Crippen molar-refractivity contribution in [2.45, 2.75) is 12.1 Å². The molecule has 0 spiro atoms. The van der Waals surface area contributed by atoms with E-state index >= 15 is 0 Å². The Morgan fingerprint density at radius 3 is 2.77 bits per heavy atom. The normalized spacial score (nSPS) is 28.6. The third-order valence-electron chi connectivity index (χ3n) is 2.38.